The first-order valence-corrected chi connectivity index (χ1v) is 4.54. The molecule has 11 heavy (non-hydrogen) atoms. The first-order valence-electron chi connectivity index (χ1n) is 4.54. The number of rotatable bonds is 7. The molecular weight excluding hydrogens is 132 g/mol. The van der Waals surface area contributed by atoms with Crippen molar-refractivity contribution in [1.29, 1.82) is 0 Å². The number of hydrogen-bond donors (Lipinski definition) is 0. The Morgan fingerprint density at radius 1 is 1.18 bits per heavy atom. The van der Waals surface area contributed by atoms with Gasteiger partial charge in [-0.2, -0.15) is 0 Å². The van der Waals surface area contributed by atoms with E-state index in [0.29, 0.717) is 5.92 Å². The van der Waals surface area contributed by atoms with Gasteiger partial charge in [0.05, 0.1) is 0 Å². The summed E-state index contributed by atoms with van der Waals surface area (Å²) < 4.78 is 0. The molecular formula is C11H20. The molecule has 0 saturated heterocycles. The highest BCUT2D eigenvalue weighted by atomic mass is 14.0. The third-order valence-electron chi connectivity index (χ3n) is 1.97. The van der Waals surface area contributed by atoms with Gasteiger partial charge in [-0.05, 0) is 25.2 Å². The average molecular weight is 152 g/mol. The van der Waals surface area contributed by atoms with Crippen LogP contribution in [0.25, 0.3) is 0 Å². The lowest BCUT2D eigenvalue weighted by molar-refractivity contribution is 0.568. The molecule has 64 valence electrons. The van der Waals surface area contributed by atoms with Crippen LogP contribution in [0.4, 0.5) is 0 Å². The van der Waals surface area contributed by atoms with Crippen LogP contribution in [0.5, 0.6) is 0 Å². The summed E-state index contributed by atoms with van der Waals surface area (Å²) in [6.45, 7) is 9.68. The van der Waals surface area contributed by atoms with Crippen LogP contribution >= 0.6 is 0 Å². The lowest BCUT2D eigenvalue weighted by Gasteiger charge is -2.03. The quantitative estimate of drug-likeness (QED) is 0.383. The highest BCUT2D eigenvalue weighted by molar-refractivity contribution is 4.74. The monoisotopic (exact) mass is 152 g/mol. The van der Waals surface area contributed by atoms with Gasteiger partial charge in [0.15, 0.2) is 0 Å². The topological polar surface area (TPSA) is 0 Å². The normalized spacial score (nSPS) is 12.5. The molecule has 0 radical (unpaired) electrons. The largest absolute Gasteiger partial charge is 0.103 e. The van der Waals surface area contributed by atoms with Crippen LogP contribution in [0, 0.1) is 5.92 Å². The Labute approximate surface area is 71.0 Å². The number of unbranched alkanes of at least 4 members (excludes halogenated alkanes) is 3. The van der Waals surface area contributed by atoms with Gasteiger partial charge in [0.25, 0.3) is 0 Å². The summed E-state index contributed by atoms with van der Waals surface area (Å²) in [5.74, 6) is 0.693. The molecule has 1 unspecified atom stereocenters. The van der Waals surface area contributed by atoms with Crippen LogP contribution in [0.3, 0.4) is 0 Å². The van der Waals surface area contributed by atoms with E-state index in [1.165, 1.54) is 32.1 Å². The molecule has 1 atom stereocenters. The van der Waals surface area contributed by atoms with Gasteiger partial charge in [-0.3, -0.25) is 0 Å². The van der Waals surface area contributed by atoms with Gasteiger partial charge < -0.3 is 0 Å². The Kier molecular flexibility index (Phi) is 7.23. The molecule has 0 aromatic rings. The third-order valence-corrected chi connectivity index (χ3v) is 1.97. The second-order valence-electron chi connectivity index (χ2n) is 3.14. The molecule has 0 amide bonds. The SMILES string of the molecule is C=CCCCCCC(C)C=C. The minimum Gasteiger partial charge on any atom is -0.103 e. The smallest absolute Gasteiger partial charge is 0.0265 e. The Bertz CT molecular complexity index is 103. The Morgan fingerprint density at radius 2 is 1.91 bits per heavy atom. The van der Waals surface area contributed by atoms with Crippen LogP contribution in [0.1, 0.15) is 39.0 Å². The highest BCUT2D eigenvalue weighted by Gasteiger charge is 1.94. The molecule has 0 heterocycles. The zero-order valence-electron chi connectivity index (χ0n) is 7.68. The van der Waals surface area contributed by atoms with Crippen molar-refractivity contribution in [3.05, 3.63) is 25.3 Å². The maximum atomic E-state index is 3.76. The molecule has 0 fully saturated rings. The molecule has 0 aliphatic rings. The zero-order valence-corrected chi connectivity index (χ0v) is 7.68. The van der Waals surface area contributed by atoms with Gasteiger partial charge in [0, 0.05) is 0 Å². The highest BCUT2D eigenvalue weighted by Crippen LogP contribution is 2.10. The predicted molar refractivity (Wildman–Crippen MR) is 52.6 cm³/mol. The van der Waals surface area contributed by atoms with E-state index in [9.17, 15) is 0 Å². The van der Waals surface area contributed by atoms with Gasteiger partial charge >= 0.3 is 0 Å². The van der Waals surface area contributed by atoms with E-state index in [1.54, 1.807) is 0 Å². The summed E-state index contributed by atoms with van der Waals surface area (Å²) in [5, 5.41) is 0. The molecule has 0 aliphatic carbocycles. The van der Waals surface area contributed by atoms with Gasteiger partial charge in [0.2, 0.25) is 0 Å². The van der Waals surface area contributed by atoms with E-state index >= 15 is 0 Å². The van der Waals surface area contributed by atoms with E-state index in [1.807, 2.05) is 12.2 Å². The molecule has 0 nitrogen and oxygen atoms in total. The molecule has 0 rings (SSSR count). The summed E-state index contributed by atoms with van der Waals surface area (Å²) in [7, 11) is 0. The van der Waals surface area contributed by atoms with E-state index in [2.05, 4.69) is 20.1 Å². The lowest BCUT2D eigenvalue weighted by Crippen LogP contribution is -1.88. The Morgan fingerprint density at radius 3 is 2.45 bits per heavy atom. The second-order valence-corrected chi connectivity index (χ2v) is 3.14. The summed E-state index contributed by atoms with van der Waals surface area (Å²) in [6.07, 6.45) is 10.5. The number of hydrogen-bond acceptors (Lipinski definition) is 0. The molecule has 0 spiro atoms. The minimum absolute atomic E-state index is 0.693. The van der Waals surface area contributed by atoms with Crippen molar-refractivity contribution in [3.8, 4) is 0 Å². The molecule has 0 aromatic carbocycles. The molecule has 0 saturated carbocycles. The molecule has 0 aliphatic heterocycles. The van der Waals surface area contributed by atoms with Gasteiger partial charge in [0.1, 0.15) is 0 Å². The maximum Gasteiger partial charge on any atom is -0.0265 e. The van der Waals surface area contributed by atoms with E-state index in [-0.39, 0.29) is 0 Å². The lowest BCUT2D eigenvalue weighted by atomic mass is 10.0. The van der Waals surface area contributed by atoms with Crippen molar-refractivity contribution in [3.63, 3.8) is 0 Å². The standard InChI is InChI=1S/C11H20/c1-4-6-7-8-9-10-11(3)5-2/h4-5,11H,1-2,6-10H2,3H3. The third kappa shape index (κ3) is 7.38. The maximum absolute atomic E-state index is 3.76. The van der Waals surface area contributed by atoms with Gasteiger partial charge in [-0.15, -0.1) is 13.2 Å². The van der Waals surface area contributed by atoms with Gasteiger partial charge in [-0.25, -0.2) is 0 Å². The fourth-order valence-electron chi connectivity index (χ4n) is 1.05. The Hall–Kier alpha value is -0.520. The molecule has 0 N–H and O–H groups in total. The van der Waals surface area contributed by atoms with Gasteiger partial charge in [-0.1, -0.05) is 31.9 Å². The van der Waals surface area contributed by atoms with Crippen LogP contribution in [0.15, 0.2) is 25.3 Å². The minimum atomic E-state index is 0.693. The zero-order chi connectivity index (χ0) is 8.53. The number of allylic oxidation sites excluding steroid dienone is 2. The first-order chi connectivity index (χ1) is 5.31. The molecule has 0 aromatic heterocycles. The summed E-state index contributed by atoms with van der Waals surface area (Å²) in [4.78, 5) is 0. The van der Waals surface area contributed by atoms with Crippen molar-refractivity contribution >= 4 is 0 Å². The van der Waals surface area contributed by atoms with Crippen LogP contribution < -0.4 is 0 Å². The van der Waals surface area contributed by atoms with Crippen molar-refractivity contribution < 1.29 is 0 Å². The van der Waals surface area contributed by atoms with Crippen molar-refractivity contribution in [2.24, 2.45) is 5.92 Å². The molecule has 0 heteroatoms. The van der Waals surface area contributed by atoms with Crippen LogP contribution in [-0.4, -0.2) is 0 Å². The van der Waals surface area contributed by atoms with E-state index < -0.39 is 0 Å². The van der Waals surface area contributed by atoms with E-state index in [4.69, 9.17) is 0 Å². The van der Waals surface area contributed by atoms with Crippen LogP contribution in [0.2, 0.25) is 0 Å². The van der Waals surface area contributed by atoms with Crippen molar-refractivity contribution in [2.45, 2.75) is 39.0 Å². The fraction of sp³-hybridized carbons (Fsp3) is 0.636. The van der Waals surface area contributed by atoms with Crippen molar-refractivity contribution in [1.82, 2.24) is 0 Å². The molecule has 0 bridgehead atoms. The summed E-state index contributed by atoms with van der Waals surface area (Å²) in [6, 6.07) is 0. The van der Waals surface area contributed by atoms with E-state index in [0.717, 1.165) is 0 Å². The Balaban J connectivity index is 3.01. The van der Waals surface area contributed by atoms with Crippen molar-refractivity contribution in [2.75, 3.05) is 0 Å². The van der Waals surface area contributed by atoms with Crippen LogP contribution in [-0.2, 0) is 0 Å². The average Bonchev–Trinajstić information content (AvgIpc) is 2.04. The summed E-state index contributed by atoms with van der Waals surface area (Å²) in [5.41, 5.74) is 0. The first kappa shape index (κ1) is 10.5. The predicted octanol–water partition coefficient (Wildman–Crippen LogP) is 3.95. The summed E-state index contributed by atoms with van der Waals surface area (Å²) >= 11 is 0. The fourth-order valence-corrected chi connectivity index (χ4v) is 1.05. The second kappa shape index (κ2) is 7.59.